The maximum atomic E-state index is 12.2. The number of hydrogen-bond acceptors (Lipinski definition) is 3. The number of ketones is 2. The molecule has 0 aliphatic rings. The summed E-state index contributed by atoms with van der Waals surface area (Å²) in [5.41, 5.74) is 0.822. The second kappa shape index (κ2) is 9.06. The molecule has 0 fully saturated rings. The van der Waals surface area contributed by atoms with Crippen LogP contribution in [0.25, 0.3) is 0 Å². The normalized spacial score (nSPS) is 18.2. The van der Waals surface area contributed by atoms with Crippen LogP contribution in [0.3, 0.4) is 0 Å². The minimum Gasteiger partial charge on any atom is -0.388 e. The van der Waals surface area contributed by atoms with Crippen molar-refractivity contribution in [3.8, 4) is 0 Å². The Morgan fingerprint density at radius 1 is 1.15 bits per heavy atom. The molecule has 4 unspecified atom stereocenters. The summed E-state index contributed by atoms with van der Waals surface area (Å²) in [7, 11) is 0. The van der Waals surface area contributed by atoms with Crippen LogP contribution < -0.4 is 0 Å². The van der Waals surface area contributed by atoms with E-state index in [4.69, 9.17) is 0 Å². The minimum atomic E-state index is -0.797. The molecule has 0 rings (SSSR count). The summed E-state index contributed by atoms with van der Waals surface area (Å²) in [6.07, 6.45) is 3.76. The molecule has 116 valence electrons. The molecule has 3 nitrogen and oxygen atoms in total. The molecule has 0 aromatic rings. The molecule has 0 aromatic heterocycles. The first-order valence-electron chi connectivity index (χ1n) is 7.68. The van der Waals surface area contributed by atoms with Crippen molar-refractivity contribution in [3.63, 3.8) is 0 Å². The van der Waals surface area contributed by atoms with E-state index >= 15 is 0 Å². The van der Waals surface area contributed by atoms with Crippen molar-refractivity contribution in [2.24, 2.45) is 17.8 Å². The Labute approximate surface area is 123 Å². The highest BCUT2D eigenvalue weighted by atomic mass is 16.3. The van der Waals surface area contributed by atoms with Crippen LogP contribution in [-0.4, -0.2) is 22.8 Å². The van der Waals surface area contributed by atoms with Crippen LogP contribution in [0, 0.1) is 17.8 Å². The van der Waals surface area contributed by atoms with E-state index in [9.17, 15) is 14.7 Å². The van der Waals surface area contributed by atoms with Gasteiger partial charge >= 0.3 is 0 Å². The molecular weight excluding hydrogens is 252 g/mol. The number of aliphatic hydroxyl groups is 1. The van der Waals surface area contributed by atoms with Crippen LogP contribution in [0.1, 0.15) is 60.8 Å². The quantitative estimate of drug-likeness (QED) is 0.520. The minimum absolute atomic E-state index is 0.0602. The van der Waals surface area contributed by atoms with E-state index in [0.717, 1.165) is 18.4 Å². The lowest BCUT2D eigenvalue weighted by atomic mass is 9.85. The van der Waals surface area contributed by atoms with E-state index < -0.39 is 17.9 Å². The highest BCUT2D eigenvalue weighted by molar-refractivity contribution is 6.03. The van der Waals surface area contributed by atoms with Gasteiger partial charge in [-0.15, -0.1) is 0 Å². The van der Waals surface area contributed by atoms with Gasteiger partial charge in [-0.05, 0) is 31.8 Å². The van der Waals surface area contributed by atoms with Crippen LogP contribution >= 0.6 is 0 Å². The first kappa shape index (κ1) is 19.0. The summed E-state index contributed by atoms with van der Waals surface area (Å²) in [6, 6.07) is 0. The third kappa shape index (κ3) is 5.58. The number of Topliss-reactive ketones (excluding diaryl/α,β-unsaturated/α-hetero) is 2. The molecule has 4 atom stereocenters. The molecule has 0 heterocycles. The van der Waals surface area contributed by atoms with E-state index in [1.807, 2.05) is 13.0 Å². The third-order valence-electron chi connectivity index (χ3n) is 3.94. The number of carbonyl (C=O) groups is 2. The molecule has 0 spiro atoms. The Balaban J connectivity index is 4.79. The SMILES string of the molecule is CCCC(C)C=C(C)C(O)C(C)C(=O)C(C)C(=O)CC. The van der Waals surface area contributed by atoms with Gasteiger partial charge in [0.15, 0.2) is 0 Å². The number of carbonyl (C=O) groups excluding carboxylic acids is 2. The molecular formula is C17H30O3. The van der Waals surface area contributed by atoms with E-state index in [2.05, 4.69) is 13.8 Å². The average Bonchev–Trinajstić information content (AvgIpc) is 2.43. The third-order valence-corrected chi connectivity index (χ3v) is 3.94. The smallest absolute Gasteiger partial charge is 0.148 e. The van der Waals surface area contributed by atoms with Crippen LogP contribution in [0.15, 0.2) is 11.6 Å². The van der Waals surface area contributed by atoms with Gasteiger partial charge in [-0.2, -0.15) is 0 Å². The molecule has 0 aliphatic carbocycles. The number of rotatable bonds is 9. The Morgan fingerprint density at radius 2 is 1.70 bits per heavy atom. The summed E-state index contributed by atoms with van der Waals surface area (Å²) in [5, 5.41) is 10.3. The summed E-state index contributed by atoms with van der Waals surface area (Å²) in [4.78, 5) is 23.8. The Kier molecular flexibility index (Phi) is 8.63. The second-order valence-corrected chi connectivity index (χ2v) is 5.85. The summed E-state index contributed by atoms with van der Waals surface area (Å²) < 4.78 is 0. The Morgan fingerprint density at radius 3 is 2.15 bits per heavy atom. The van der Waals surface area contributed by atoms with Gasteiger partial charge in [-0.3, -0.25) is 9.59 Å². The Bertz CT molecular complexity index is 357. The molecule has 1 N–H and O–H groups in total. The number of hydrogen-bond donors (Lipinski definition) is 1. The molecule has 3 heteroatoms. The van der Waals surface area contributed by atoms with E-state index in [0.29, 0.717) is 12.3 Å². The maximum Gasteiger partial charge on any atom is 0.148 e. The van der Waals surface area contributed by atoms with Gasteiger partial charge in [0.1, 0.15) is 11.6 Å². The molecule has 0 saturated heterocycles. The molecule has 0 saturated carbocycles. The highest BCUT2D eigenvalue weighted by Gasteiger charge is 2.30. The van der Waals surface area contributed by atoms with Crippen molar-refractivity contribution >= 4 is 11.6 Å². The first-order chi connectivity index (χ1) is 9.26. The molecule has 0 bridgehead atoms. The zero-order valence-electron chi connectivity index (χ0n) is 13.8. The van der Waals surface area contributed by atoms with Gasteiger partial charge in [-0.1, -0.05) is 40.2 Å². The number of allylic oxidation sites excluding steroid dienone is 1. The lowest BCUT2D eigenvalue weighted by molar-refractivity contribution is -0.135. The van der Waals surface area contributed by atoms with E-state index in [-0.39, 0.29) is 11.6 Å². The first-order valence-corrected chi connectivity index (χ1v) is 7.68. The van der Waals surface area contributed by atoms with E-state index in [1.54, 1.807) is 20.8 Å². The lowest BCUT2D eigenvalue weighted by Gasteiger charge is -2.22. The van der Waals surface area contributed by atoms with Gasteiger partial charge in [0, 0.05) is 12.3 Å². The number of aliphatic hydroxyl groups excluding tert-OH is 1. The fourth-order valence-electron chi connectivity index (χ4n) is 2.50. The largest absolute Gasteiger partial charge is 0.388 e. The van der Waals surface area contributed by atoms with Crippen LogP contribution in [0.2, 0.25) is 0 Å². The fraction of sp³-hybridized carbons (Fsp3) is 0.765. The van der Waals surface area contributed by atoms with Gasteiger partial charge in [-0.25, -0.2) is 0 Å². The second-order valence-electron chi connectivity index (χ2n) is 5.85. The van der Waals surface area contributed by atoms with Crippen molar-refractivity contribution in [2.75, 3.05) is 0 Å². The topological polar surface area (TPSA) is 54.4 Å². The van der Waals surface area contributed by atoms with Gasteiger partial charge in [0.2, 0.25) is 0 Å². The molecule has 0 aromatic carbocycles. The average molecular weight is 282 g/mol. The van der Waals surface area contributed by atoms with Crippen LogP contribution in [0.5, 0.6) is 0 Å². The van der Waals surface area contributed by atoms with Crippen molar-refractivity contribution in [1.29, 1.82) is 0 Å². The van der Waals surface area contributed by atoms with Crippen molar-refractivity contribution in [3.05, 3.63) is 11.6 Å². The highest BCUT2D eigenvalue weighted by Crippen LogP contribution is 2.20. The zero-order valence-corrected chi connectivity index (χ0v) is 13.8. The van der Waals surface area contributed by atoms with Crippen molar-refractivity contribution in [1.82, 2.24) is 0 Å². The van der Waals surface area contributed by atoms with Crippen LogP contribution in [-0.2, 0) is 9.59 Å². The fourth-order valence-corrected chi connectivity index (χ4v) is 2.50. The van der Waals surface area contributed by atoms with Gasteiger partial charge in [0.25, 0.3) is 0 Å². The molecule has 0 amide bonds. The maximum absolute atomic E-state index is 12.2. The lowest BCUT2D eigenvalue weighted by Crippen LogP contribution is -2.33. The van der Waals surface area contributed by atoms with Crippen molar-refractivity contribution < 1.29 is 14.7 Å². The summed E-state index contributed by atoms with van der Waals surface area (Å²) >= 11 is 0. The monoisotopic (exact) mass is 282 g/mol. The summed E-state index contributed by atoms with van der Waals surface area (Å²) in [5.74, 6) is -0.988. The van der Waals surface area contributed by atoms with Gasteiger partial charge in [0.05, 0.1) is 12.0 Å². The standard InChI is InChI=1S/C17H30O3/c1-7-9-11(3)10-12(4)16(19)14(6)17(20)13(5)15(18)8-2/h10-11,13-14,16,19H,7-9H2,1-6H3. The van der Waals surface area contributed by atoms with Gasteiger partial charge < -0.3 is 5.11 Å². The molecule has 0 radical (unpaired) electrons. The molecule has 20 heavy (non-hydrogen) atoms. The Hall–Kier alpha value is -0.960. The van der Waals surface area contributed by atoms with E-state index in [1.165, 1.54) is 0 Å². The summed E-state index contributed by atoms with van der Waals surface area (Å²) in [6.45, 7) is 11.2. The predicted molar refractivity (Wildman–Crippen MR) is 82.5 cm³/mol. The van der Waals surface area contributed by atoms with Crippen LogP contribution in [0.4, 0.5) is 0 Å². The predicted octanol–water partition coefficient (Wildman–Crippen LogP) is 3.55. The van der Waals surface area contributed by atoms with Crippen molar-refractivity contribution in [2.45, 2.75) is 66.9 Å². The molecule has 0 aliphatic heterocycles. The zero-order chi connectivity index (χ0) is 15.9.